The Morgan fingerprint density at radius 1 is 1.05 bits per heavy atom. The number of hydrogen-bond acceptors (Lipinski definition) is 4. The van der Waals surface area contributed by atoms with Crippen molar-refractivity contribution in [1.29, 1.82) is 0 Å². The first-order valence-corrected chi connectivity index (χ1v) is 14.5. The number of quaternary nitrogens is 1. The molecule has 0 radical (unpaired) electrons. The molecule has 2 aliphatic rings. The molecule has 1 saturated carbocycles. The highest BCUT2D eigenvalue weighted by Crippen LogP contribution is 2.51. The molecule has 8 heteroatoms. The van der Waals surface area contributed by atoms with Gasteiger partial charge in [-0.15, -0.1) is 0 Å². The number of fused-ring (bicyclic) bond motifs is 2. The molecule has 3 aromatic rings. The standard InChI is InChI=1S/C29H33N3O4S/c1-2-36-19-23-7-3-4-8-25(23)22-11-14-27-26(17-22)29(15-5-6-16-29)20-32(27)28(33)31-18-21-9-12-24(13-10-21)37(30,34)35/h3-4,7-14,17H,2,5-6,15-16,18-20H2,1H3,(H,31,33)(H2,30,34,35)/p+1. The molecular weight excluding hydrogens is 486 g/mol. The van der Waals surface area contributed by atoms with Crippen LogP contribution >= 0.6 is 0 Å². The van der Waals surface area contributed by atoms with Gasteiger partial charge >= 0.3 is 16.1 Å². The van der Waals surface area contributed by atoms with E-state index in [4.69, 9.17) is 4.74 Å². The summed E-state index contributed by atoms with van der Waals surface area (Å²) in [5.74, 6) is 0. The maximum absolute atomic E-state index is 13.4. The highest BCUT2D eigenvalue weighted by atomic mass is 32.2. The van der Waals surface area contributed by atoms with Gasteiger partial charge in [0.2, 0.25) is 0 Å². The van der Waals surface area contributed by atoms with E-state index in [0.717, 1.165) is 35.2 Å². The fourth-order valence-electron chi connectivity index (χ4n) is 5.72. The average Bonchev–Trinajstić information content (AvgIpc) is 3.51. The van der Waals surface area contributed by atoms with E-state index in [1.54, 1.807) is 12.1 Å². The van der Waals surface area contributed by atoms with Gasteiger partial charge in [-0.3, -0.25) is 4.90 Å². The summed E-state index contributed by atoms with van der Waals surface area (Å²) in [6.45, 7) is 4.24. The maximum Gasteiger partial charge on any atom is 0.322 e. The molecule has 0 bridgehead atoms. The Morgan fingerprint density at radius 2 is 1.78 bits per heavy atom. The number of hydrogen-bond donors (Lipinski definition) is 2. The van der Waals surface area contributed by atoms with Gasteiger partial charge in [-0.25, -0.2) is 9.93 Å². The third-order valence-corrected chi connectivity index (χ3v) is 8.63. The molecule has 194 valence electrons. The lowest BCUT2D eigenvalue weighted by atomic mass is 9.79. The number of rotatable bonds is 7. The zero-order valence-electron chi connectivity index (χ0n) is 21.2. The molecule has 1 spiro atoms. The lowest BCUT2D eigenvalue weighted by Gasteiger charge is -2.25. The Morgan fingerprint density at radius 3 is 2.49 bits per heavy atom. The Kier molecular flexibility index (Phi) is 7.07. The molecule has 3 aromatic carbocycles. The molecule has 7 nitrogen and oxygen atoms in total. The summed E-state index contributed by atoms with van der Waals surface area (Å²) in [7, 11) is -3.49. The van der Waals surface area contributed by atoms with Gasteiger partial charge in [0, 0.05) is 30.8 Å². The van der Waals surface area contributed by atoms with Gasteiger partial charge in [-0.2, -0.15) is 8.42 Å². The van der Waals surface area contributed by atoms with E-state index >= 15 is 0 Å². The molecule has 1 aliphatic heterocycles. The van der Waals surface area contributed by atoms with E-state index in [1.165, 1.54) is 36.1 Å². The van der Waals surface area contributed by atoms with Crippen LogP contribution in [0.25, 0.3) is 11.1 Å². The van der Waals surface area contributed by atoms with Gasteiger partial charge in [-0.1, -0.05) is 55.3 Å². The van der Waals surface area contributed by atoms with Gasteiger partial charge in [-0.05, 0) is 71.8 Å². The van der Waals surface area contributed by atoms with Crippen molar-refractivity contribution in [2.75, 3.05) is 18.1 Å². The van der Waals surface area contributed by atoms with Crippen molar-refractivity contribution < 1.29 is 23.1 Å². The van der Waals surface area contributed by atoms with E-state index in [-0.39, 0.29) is 16.3 Å². The molecule has 0 aromatic heterocycles. The summed E-state index contributed by atoms with van der Waals surface area (Å²) in [5.41, 5.74) is 6.54. The molecule has 1 heterocycles. The van der Waals surface area contributed by atoms with Crippen LogP contribution in [0.4, 0.5) is 10.5 Å². The lowest BCUT2D eigenvalue weighted by Crippen LogP contribution is -2.56. The molecular formula is C29H34N3O4S+. The number of carbonyl (C=O) groups is 1. The van der Waals surface area contributed by atoms with Gasteiger partial charge in [0.25, 0.3) is 0 Å². The molecule has 4 N–H and O–H groups in total. The third-order valence-electron chi connectivity index (χ3n) is 7.64. The number of nitrogens with one attached hydrogen (secondary N) is 1. The van der Waals surface area contributed by atoms with Gasteiger partial charge in [0.15, 0.2) is 0 Å². The summed E-state index contributed by atoms with van der Waals surface area (Å²) in [6.07, 6.45) is 4.49. The first-order valence-electron chi connectivity index (χ1n) is 12.8. The van der Waals surface area contributed by atoms with Crippen LogP contribution in [-0.2, 0) is 33.3 Å². The molecule has 5 rings (SSSR count). The van der Waals surface area contributed by atoms with E-state index in [9.17, 15) is 13.2 Å². The Balaban J connectivity index is 1.40. The minimum Gasteiger partial charge on any atom is -0.377 e. The lowest BCUT2D eigenvalue weighted by molar-refractivity contribution is -0.164. The van der Waals surface area contributed by atoms with Crippen LogP contribution in [0.5, 0.6) is 0 Å². The second kappa shape index (κ2) is 10.3. The van der Waals surface area contributed by atoms with Crippen molar-refractivity contribution in [2.24, 2.45) is 0 Å². The normalized spacial score (nSPS) is 16.2. The Hall–Kier alpha value is -3.20. The largest absolute Gasteiger partial charge is 0.377 e. The number of amides is 2. The molecule has 37 heavy (non-hydrogen) atoms. The first kappa shape index (κ1) is 25.4. The van der Waals surface area contributed by atoms with E-state index in [2.05, 4.69) is 46.9 Å². The predicted octanol–water partition coefficient (Wildman–Crippen LogP) is 4.36. The molecule has 0 saturated heterocycles. The maximum atomic E-state index is 13.4. The minimum absolute atomic E-state index is 0.0122. The SMILES string of the molecule is CCOCc1ccccc1-c1ccc2c(c1)C1(CCCC1)CN2C(=O)NCc1ccc(S([NH3+])(=O)=O)cc1. The first-order chi connectivity index (χ1) is 17.8. The van der Waals surface area contributed by atoms with Crippen molar-refractivity contribution in [3.8, 4) is 11.1 Å². The monoisotopic (exact) mass is 520 g/mol. The van der Waals surface area contributed by atoms with Crippen molar-refractivity contribution in [2.45, 2.75) is 56.1 Å². The average molecular weight is 521 g/mol. The summed E-state index contributed by atoms with van der Waals surface area (Å²) in [5, 5.41) is 6.22. The van der Waals surface area contributed by atoms with Crippen LogP contribution in [0.2, 0.25) is 0 Å². The van der Waals surface area contributed by atoms with Crippen LogP contribution in [0, 0.1) is 0 Å². The highest BCUT2D eigenvalue weighted by Gasteiger charge is 2.46. The Bertz CT molecular complexity index is 1400. The van der Waals surface area contributed by atoms with Crippen LogP contribution < -0.4 is 15.4 Å². The van der Waals surface area contributed by atoms with Crippen LogP contribution in [-0.4, -0.2) is 27.6 Å². The fourth-order valence-corrected chi connectivity index (χ4v) is 6.28. The molecule has 1 aliphatic carbocycles. The topological polar surface area (TPSA) is 103 Å². The second-order valence-electron chi connectivity index (χ2n) is 10.0. The quantitative estimate of drug-likeness (QED) is 0.483. The van der Waals surface area contributed by atoms with Crippen LogP contribution in [0.3, 0.4) is 0 Å². The van der Waals surface area contributed by atoms with Crippen molar-refractivity contribution in [3.63, 3.8) is 0 Å². The zero-order valence-corrected chi connectivity index (χ0v) is 22.0. The molecule has 1 fully saturated rings. The van der Waals surface area contributed by atoms with E-state index in [1.807, 2.05) is 17.9 Å². The van der Waals surface area contributed by atoms with Gasteiger partial charge in [0.05, 0.1) is 6.61 Å². The van der Waals surface area contributed by atoms with Crippen molar-refractivity contribution in [3.05, 3.63) is 83.4 Å². The van der Waals surface area contributed by atoms with E-state index in [0.29, 0.717) is 26.3 Å². The number of carbonyl (C=O) groups excluding carboxylic acids is 1. The van der Waals surface area contributed by atoms with Gasteiger partial charge < -0.3 is 10.1 Å². The van der Waals surface area contributed by atoms with E-state index < -0.39 is 10.0 Å². The second-order valence-corrected chi connectivity index (χ2v) is 11.7. The zero-order chi connectivity index (χ0) is 26.0. The third kappa shape index (κ3) is 5.14. The number of anilines is 1. The number of sulfonamides is 1. The minimum atomic E-state index is -3.49. The Labute approximate surface area is 218 Å². The number of ether oxygens (including phenoxy) is 1. The number of benzene rings is 3. The summed E-state index contributed by atoms with van der Waals surface area (Å²) >= 11 is 0. The van der Waals surface area contributed by atoms with Crippen molar-refractivity contribution >= 4 is 21.7 Å². The predicted molar refractivity (Wildman–Crippen MR) is 143 cm³/mol. The fraction of sp³-hybridized carbons (Fsp3) is 0.345. The molecule has 0 unspecified atom stereocenters. The molecule has 0 atom stereocenters. The highest BCUT2D eigenvalue weighted by molar-refractivity contribution is 7.84. The summed E-state index contributed by atoms with van der Waals surface area (Å²) in [6, 6.07) is 21.2. The van der Waals surface area contributed by atoms with Crippen molar-refractivity contribution in [1.82, 2.24) is 5.32 Å². The number of urea groups is 1. The summed E-state index contributed by atoms with van der Waals surface area (Å²) in [4.78, 5) is 15.4. The summed E-state index contributed by atoms with van der Waals surface area (Å²) < 4.78 is 28.9. The van der Waals surface area contributed by atoms with Gasteiger partial charge in [0.1, 0.15) is 4.90 Å². The van der Waals surface area contributed by atoms with Crippen LogP contribution in [0.15, 0.2) is 71.6 Å². The molecule has 2 amide bonds. The number of nitrogens with zero attached hydrogens (tertiary/aromatic N) is 1. The van der Waals surface area contributed by atoms with Crippen LogP contribution in [0.1, 0.15) is 49.3 Å². The smallest absolute Gasteiger partial charge is 0.322 e.